The van der Waals surface area contributed by atoms with E-state index in [-0.39, 0.29) is 12.6 Å². The SMILES string of the molecule is O=C(O)NNC1=N[C@H](c2ccccc2)COC1. The number of hydrogen-bond acceptors (Lipinski definition) is 4. The molecule has 1 amide bonds. The molecule has 1 aromatic carbocycles. The minimum Gasteiger partial charge on any atom is -0.464 e. The van der Waals surface area contributed by atoms with Gasteiger partial charge in [-0.3, -0.25) is 10.4 Å². The lowest BCUT2D eigenvalue weighted by molar-refractivity contribution is 0.140. The Morgan fingerprint density at radius 3 is 2.88 bits per heavy atom. The average molecular weight is 235 g/mol. The Hall–Kier alpha value is -2.08. The summed E-state index contributed by atoms with van der Waals surface area (Å²) in [4.78, 5) is 14.7. The number of carboxylic acid groups (broad SMARTS) is 1. The van der Waals surface area contributed by atoms with E-state index in [1.165, 1.54) is 0 Å². The number of hydrazine groups is 1. The summed E-state index contributed by atoms with van der Waals surface area (Å²) in [5.74, 6) is 0.479. The Morgan fingerprint density at radius 2 is 2.18 bits per heavy atom. The van der Waals surface area contributed by atoms with Gasteiger partial charge in [-0.25, -0.2) is 10.2 Å². The molecule has 1 aromatic rings. The molecule has 0 aromatic heterocycles. The number of amides is 1. The van der Waals surface area contributed by atoms with Crippen molar-refractivity contribution >= 4 is 11.9 Å². The van der Waals surface area contributed by atoms with E-state index in [0.717, 1.165) is 5.56 Å². The summed E-state index contributed by atoms with van der Waals surface area (Å²) < 4.78 is 5.36. The first-order valence-electron chi connectivity index (χ1n) is 5.20. The van der Waals surface area contributed by atoms with E-state index < -0.39 is 6.09 Å². The number of nitrogens with zero attached hydrogens (tertiary/aromatic N) is 1. The Labute approximate surface area is 98.3 Å². The van der Waals surface area contributed by atoms with Crippen LogP contribution in [0.15, 0.2) is 35.3 Å². The smallest absolute Gasteiger partial charge is 0.423 e. The Bertz CT molecular complexity index is 419. The zero-order valence-electron chi connectivity index (χ0n) is 9.09. The van der Waals surface area contributed by atoms with Crippen LogP contribution in [0.4, 0.5) is 4.79 Å². The van der Waals surface area contributed by atoms with E-state index in [0.29, 0.717) is 12.4 Å². The summed E-state index contributed by atoms with van der Waals surface area (Å²) in [6.07, 6.45) is -1.16. The Kier molecular flexibility index (Phi) is 3.56. The zero-order chi connectivity index (χ0) is 12.1. The summed E-state index contributed by atoms with van der Waals surface area (Å²) in [6, 6.07) is 9.63. The first kappa shape index (κ1) is 11.4. The number of ether oxygens (including phenoxy) is 1. The maximum absolute atomic E-state index is 10.3. The molecule has 3 N–H and O–H groups in total. The molecular weight excluding hydrogens is 222 g/mol. The van der Waals surface area contributed by atoms with Crippen LogP contribution in [0.2, 0.25) is 0 Å². The van der Waals surface area contributed by atoms with Crippen molar-refractivity contribution in [3.63, 3.8) is 0 Å². The highest BCUT2D eigenvalue weighted by molar-refractivity contribution is 5.85. The molecule has 6 heteroatoms. The molecular formula is C11H13N3O3. The highest BCUT2D eigenvalue weighted by atomic mass is 16.5. The number of amidine groups is 1. The van der Waals surface area contributed by atoms with Gasteiger partial charge in [-0.15, -0.1) is 0 Å². The van der Waals surface area contributed by atoms with Crippen molar-refractivity contribution < 1.29 is 14.6 Å². The van der Waals surface area contributed by atoms with Crippen LogP contribution in [0, 0.1) is 0 Å². The molecule has 0 unspecified atom stereocenters. The summed E-state index contributed by atoms with van der Waals surface area (Å²) in [5, 5.41) is 8.46. The van der Waals surface area contributed by atoms with E-state index in [1.807, 2.05) is 35.8 Å². The fourth-order valence-corrected chi connectivity index (χ4v) is 1.57. The molecule has 0 radical (unpaired) electrons. The van der Waals surface area contributed by atoms with Crippen LogP contribution >= 0.6 is 0 Å². The number of carbonyl (C=O) groups is 1. The van der Waals surface area contributed by atoms with Gasteiger partial charge in [0.2, 0.25) is 0 Å². The fraction of sp³-hybridized carbons (Fsp3) is 0.273. The van der Waals surface area contributed by atoms with Crippen molar-refractivity contribution in [3.05, 3.63) is 35.9 Å². The number of aliphatic imine (C=N–C) groups is 1. The Morgan fingerprint density at radius 1 is 1.41 bits per heavy atom. The molecule has 0 bridgehead atoms. The molecule has 0 saturated heterocycles. The van der Waals surface area contributed by atoms with E-state index in [9.17, 15) is 4.79 Å². The molecule has 6 nitrogen and oxygen atoms in total. The maximum atomic E-state index is 10.3. The molecule has 1 aliphatic heterocycles. The van der Waals surface area contributed by atoms with Crippen molar-refractivity contribution in [2.45, 2.75) is 6.04 Å². The normalized spacial score (nSPS) is 19.3. The predicted molar refractivity (Wildman–Crippen MR) is 61.7 cm³/mol. The molecule has 0 fully saturated rings. The third-order valence-electron chi connectivity index (χ3n) is 2.32. The number of rotatable bonds is 1. The predicted octanol–water partition coefficient (Wildman–Crippen LogP) is 0.929. The summed E-state index contributed by atoms with van der Waals surface area (Å²) in [5.41, 5.74) is 5.58. The molecule has 17 heavy (non-hydrogen) atoms. The van der Waals surface area contributed by atoms with Gasteiger partial charge in [0.25, 0.3) is 0 Å². The minimum absolute atomic E-state index is 0.0944. The maximum Gasteiger partial charge on any atom is 0.423 e. The lowest BCUT2D eigenvalue weighted by Crippen LogP contribution is -2.44. The van der Waals surface area contributed by atoms with Gasteiger partial charge in [0, 0.05) is 0 Å². The van der Waals surface area contributed by atoms with Gasteiger partial charge in [0.05, 0.1) is 6.61 Å². The lowest BCUT2D eigenvalue weighted by Gasteiger charge is -2.21. The van der Waals surface area contributed by atoms with Crippen LogP contribution in [0.3, 0.4) is 0 Å². The van der Waals surface area contributed by atoms with E-state index >= 15 is 0 Å². The van der Waals surface area contributed by atoms with Gasteiger partial charge < -0.3 is 9.84 Å². The van der Waals surface area contributed by atoms with Crippen molar-refractivity contribution in [1.82, 2.24) is 10.9 Å². The lowest BCUT2D eigenvalue weighted by atomic mass is 10.1. The van der Waals surface area contributed by atoms with Crippen LogP contribution in [-0.4, -0.2) is 30.2 Å². The van der Waals surface area contributed by atoms with Crippen LogP contribution in [-0.2, 0) is 4.74 Å². The van der Waals surface area contributed by atoms with Crippen LogP contribution in [0.25, 0.3) is 0 Å². The molecule has 0 spiro atoms. The van der Waals surface area contributed by atoms with E-state index in [4.69, 9.17) is 9.84 Å². The molecule has 1 heterocycles. The second-order valence-electron chi connectivity index (χ2n) is 3.57. The molecule has 2 rings (SSSR count). The summed E-state index contributed by atoms with van der Waals surface area (Å²) >= 11 is 0. The molecule has 90 valence electrons. The quantitative estimate of drug-likeness (QED) is 0.632. The third-order valence-corrected chi connectivity index (χ3v) is 2.32. The number of benzene rings is 1. The third kappa shape index (κ3) is 3.18. The van der Waals surface area contributed by atoms with Crippen molar-refractivity contribution in [2.24, 2.45) is 4.99 Å². The molecule has 1 aliphatic rings. The highest BCUT2D eigenvalue weighted by Crippen LogP contribution is 2.19. The summed E-state index contributed by atoms with van der Waals surface area (Å²) in [6.45, 7) is 0.784. The minimum atomic E-state index is -1.16. The van der Waals surface area contributed by atoms with Crippen molar-refractivity contribution in [3.8, 4) is 0 Å². The van der Waals surface area contributed by atoms with Crippen molar-refractivity contribution in [1.29, 1.82) is 0 Å². The van der Waals surface area contributed by atoms with Crippen LogP contribution < -0.4 is 10.9 Å². The topological polar surface area (TPSA) is 83.0 Å². The largest absolute Gasteiger partial charge is 0.464 e. The van der Waals surface area contributed by atoms with Crippen LogP contribution in [0.5, 0.6) is 0 Å². The molecule has 0 saturated carbocycles. The van der Waals surface area contributed by atoms with Gasteiger partial charge in [-0.05, 0) is 5.56 Å². The molecule has 1 atom stereocenters. The first-order chi connectivity index (χ1) is 8.25. The van der Waals surface area contributed by atoms with Crippen molar-refractivity contribution in [2.75, 3.05) is 13.2 Å². The van der Waals surface area contributed by atoms with Gasteiger partial charge in [-0.1, -0.05) is 30.3 Å². The summed E-state index contributed by atoms with van der Waals surface area (Å²) in [7, 11) is 0. The number of hydrogen-bond donors (Lipinski definition) is 3. The fourth-order valence-electron chi connectivity index (χ4n) is 1.57. The number of nitrogens with one attached hydrogen (secondary N) is 2. The zero-order valence-corrected chi connectivity index (χ0v) is 9.09. The second kappa shape index (κ2) is 5.31. The van der Waals surface area contributed by atoms with Gasteiger partial charge in [0.1, 0.15) is 18.5 Å². The van der Waals surface area contributed by atoms with E-state index in [2.05, 4.69) is 10.4 Å². The Balaban J connectivity index is 2.04. The average Bonchev–Trinajstić information content (AvgIpc) is 2.38. The van der Waals surface area contributed by atoms with Gasteiger partial charge in [-0.2, -0.15) is 0 Å². The van der Waals surface area contributed by atoms with E-state index in [1.54, 1.807) is 0 Å². The monoisotopic (exact) mass is 235 g/mol. The van der Waals surface area contributed by atoms with Gasteiger partial charge >= 0.3 is 6.09 Å². The van der Waals surface area contributed by atoms with Gasteiger partial charge in [0.15, 0.2) is 0 Å². The second-order valence-corrected chi connectivity index (χ2v) is 3.57. The highest BCUT2D eigenvalue weighted by Gasteiger charge is 2.17. The van der Waals surface area contributed by atoms with Crippen LogP contribution in [0.1, 0.15) is 11.6 Å². The molecule has 0 aliphatic carbocycles. The standard InChI is InChI=1S/C11H13N3O3/c15-11(16)14-13-10-7-17-6-9(12-10)8-4-2-1-3-5-8/h1-5,9,14H,6-7H2,(H,12,13)(H,15,16)/t9-/m0/s1. The first-order valence-corrected chi connectivity index (χ1v) is 5.20.